The van der Waals surface area contributed by atoms with Gasteiger partial charge in [0.25, 0.3) is 0 Å². The summed E-state index contributed by atoms with van der Waals surface area (Å²) in [6.45, 7) is 2.04. The molecule has 2 fully saturated rings. The first kappa shape index (κ1) is 15.9. The van der Waals surface area contributed by atoms with Gasteiger partial charge >= 0.3 is 6.03 Å². The van der Waals surface area contributed by atoms with E-state index >= 15 is 0 Å². The third-order valence-electron chi connectivity index (χ3n) is 5.37. The Labute approximate surface area is 148 Å². The van der Waals surface area contributed by atoms with Crippen LogP contribution in [0.5, 0.6) is 5.75 Å². The Morgan fingerprint density at radius 2 is 2.08 bits per heavy atom. The molecule has 2 saturated heterocycles. The molecule has 2 atom stereocenters. The molecule has 3 heterocycles. The van der Waals surface area contributed by atoms with Crippen LogP contribution in [0.1, 0.15) is 31.2 Å². The van der Waals surface area contributed by atoms with E-state index in [-0.39, 0.29) is 6.03 Å². The van der Waals surface area contributed by atoms with Gasteiger partial charge in [-0.1, -0.05) is 6.07 Å². The lowest BCUT2D eigenvalue weighted by Crippen LogP contribution is -2.62. The fraction of sp³-hybridized carbons (Fsp3) is 0.400. The summed E-state index contributed by atoms with van der Waals surface area (Å²) in [6, 6.07) is 10.6. The van der Waals surface area contributed by atoms with Crippen LogP contribution in [0.4, 0.5) is 10.5 Å². The molecule has 5 heteroatoms. The lowest BCUT2D eigenvalue weighted by atomic mass is 9.80. The SMILES string of the molecule is COc1cccnc1-c1cc(NC(=O)N2C3CCCC2C3)ccc1C. The second kappa shape index (κ2) is 6.39. The molecule has 25 heavy (non-hydrogen) atoms. The zero-order valence-corrected chi connectivity index (χ0v) is 14.7. The van der Waals surface area contributed by atoms with E-state index in [1.807, 2.05) is 42.2 Å². The van der Waals surface area contributed by atoms with Crippen LogP contribution in [0.15, 0.2) is 36.5 Å². The Morgan fingerprint density at radius 3 is 2.80 bits per heavy atom. The van der Waals surface area contributed by atoms with Crippen molar-refractivity contribution in [1.29, 1.82) is 0 Å². The van der Waals surface area contributed by atoms with Gasteiger partial charge in [-0.05, 0) is 62.4 Å². The van der Waals surface area contributed by atoms with E-state index in [1.165, 1.54) is 6.42 Å². The first-order chi connectivity index (χ1) is 12.2. The van der Waals surface area contributed by atoms with E-state index in [4.69, 9.17) is 4.74 Å². The van der Waals surface area contributed by atoms with Gasteiger partial charge in [0.2, 0.25) is 0 Å². The molecular weight excluding hydrogens is 314 g/mol. The summed E-state index contributed by atoms with van der Waals surface area (Å²) < 4.78 is 5.43. The molecule has 0 spiro atoms. The van der Waals surface area contributed by atoms with E-state index in [0.29, 0.717) is 12.1 Å². The summed E-state index contributed by atoms with van der Waals surface area (Å²) in [7, 11) is 1.64. The molecule has 2 aromatic rings. The number of ether oxygens (including phenoxy) is 1. The van der Waals surface area contributed by atoms with Crippen molar-refractivity contribution in [2.45, 2.75) is 44.7 Å². The normalized spacial score (nSPS) is 21.4. The number of nitrogens with one attached hydrogen (secondary N) is 1. The number of hydrogen-bond acceptors (Lipinski definition) is 3. The molecule has 1 aromatic heterocycles. The average Bonchev–Trinajstić information content (AvgIpc) is 2.63. The van der Waals surface area contributed by atoms with Crippen LogP contribution >= 0.6 is 0 Å². The molecule has 2 unspecified atom stereocenters. The molecular formula is C20H23N3O2. The Kier molecular flexibility index (Phi) is 4.07. The van der Waals surface area contributed by atoms with Gasteiger partial charge in [0.05, 0.1) is 7.11 Å². The highest BCUT2D eigenvalue weighted by molar-refractivity contribution is 5.91. The molecule has 2 aliphatic heterocycles. The number of aromatic nitrogens is 1. The topological polar surface area (TPSA) is 54.5 Å². The average molecular weight is 337 g/mol. The van der Waals surface area contributed by atoms with Gasteiger partial charge < -0.3 is 15.0 Å². The Morgan fingerprint density at radius 1 is 1.28 bits per heavy atom. The van der Waals surface area contributed by atoms with Crippen molar-refractivity contribution >= 4 is 11.7 Å². The van der Waals surface area contributed by atoms with Crippen LogP contribution in [0.2, 0.25) is 0 Å². The third kappa shape index (κ3) is 2.84. The number of nitrogens with zero attached hydrogens (tertiary/aromatic N) is 2. The molecule has 2 amide bonds. The van der Waals surface area contributed by atoms with Crippen molar-refractivity contribution in [3.05, 3.63) is 42.1 Å². The zero-order chi connectivity index (χ0) is 17.4. The number of carbonyl (C=O) groups is 1. The van der Waals surface area contributed by atoms with Gasteiger partial charge in [-0.15, -0.1) is 0 Å². The minimum absolute atomic E-state index is 0.0174. The van der Waals surface area contributed by atoms with Crippen molar-refractivity contribution in [3.8, 4) is 17.0 Å². The lowest BCUT2D eigenvalue weighted by Gasteiger charge is -2.52. The van der Waals surface area contributed by atoms with Crippen molar-refractivity contribution in [2.75, 3.05) is 12.4 Å². The predicted octanol–water partition coefficient (Wildman–Crippen LogP) is 4.22. The largest absolute Gasteiger partial charge is 0.494 e. The fourth-order valence-corrected chi connectivity index (χ4v) is 4.04. The third-order valence-corrected chi connectivity index (χ3v) is 5.37. The van der Waals surface area contributed by atoms with E-state index in [1.54, 1.807) is 13.3 Å². The molecule has 0 aliphatic carbocycles. The highest BCUT2D eigenvalue weighted by atomic mass is 16.5. The Hall–Kier alpha value is -2.56. The molecule has 2 bridgehead atoms. The van der Waals surface area contributed by atoms with Crippen LogP contribution in [-0.2, 0) is 0 Å². The minimum Gasteiger partial charge on any atom is -0.494 e. The predicted molar refractivity (Wildman–Crippen MR) is 97.9 cm³/mol. The maximum Gasteiger partial charge on any atom is 0.322 e. The highest BCUT2D eigenvalue weighted by Crippen LogP contribution is 2.38. The number of urea groups is 1. The smallest absolute Gasteiger partial charge is 0.322 e. The van der Waals surface area contributed by atoms with Gasteiger partial charge in [0.1, 0.15) is 11.4 Å². The van der Waals surface area contributed by atoms with Crippen molar-refractivity contribution in [3.63, 3.8) is 0 Å². The standard InChI is InChI=1S/C20H23N3O2/c1-13-8-9-14(11-17(13)19-18(25-2)7-4-10-21-19)22-20(24)23-15-5-3-6-16(23)12-15/h4,7-11,15-16H,3,5-6,12H2,1-2H3,(H,22,24). The molecule has 1 N–H and O–H groups in total. The first-order valence-electron chi connectivity index (χ1n) is 8.86. The summed E-state index contributed by atoms with van der Waals surface area (Å²) >= 11 is 0. The Bertz CT molecular complexity index is 791. The molecule has 1 aromatic carbocycles. The second-order valence-corrected chi connectivity index (χ2v) is 6.90. The zero-order valence-electron chi connectivity index (χ0n) is 14.7. The summed E-state index contributed by atoms with van der Waals surface area (Å²) in [5.74, 6) is 0.728. The number of anilines is 1. The first-order valence-corrected chi connectivity index (χ1v) is 8.86. The summed E-state index contributed by atoms with van der Waals surface area (Å²) in [4.78, 5) is 19.1. The van der Waals surface area contributed by atoms with Gasteiger partial charge in [-0.2, -0.15) is 0 Å². The highest BCUT2D eigenvalue weighted by Gasteiger charge is 2.44. The van der Waals surface area contributed by atoms with Crippen LogP contribution in [0.3, 0.4) is 0 Å². The molecule has 5 nitrogen and oxygen atoms in total. The van der Waals surface area contributed by atoms with Crippen molar-refractivity contribution in [2.24, 2.45) is 0 Å². The number of pyridine rings is 1. The van der Waals surface area contributed by atoms with E-state index in [9.17, 15) is 4.79 Å². The monoisotopic (exact) mass is 337 g/mol. The van der Waals surface area contributed by atoms with E-state index in [0.717, 1.165) is 47.5 Å². The maximum absolute atomic E-state index is 12.6. The number of benzene rings is 1. The van der Waals surface area contributed by atoms with Gasteiger partial charge in [0, 0.05) is 29.5 Å². The quantitative estimate of drug-likeness (QED) is 0.912. The minimum atomic E-state index is 0.0174. The number of carbonyl (C=O) groups excluding carboxylic acids is 1. The van der Waals surface area contributed by atoms with E-state index in [2.05, 4.69) is 10.3 Å². The number of hydrogen-bond donors (Lipinski definition) is 1. The summed E-state index contributed by atoms with van der Waals surface area (Å²) in [6.07, 6.45) is 6.43. The van der Waals surface area contributed by atoms with Crippen molar-refractivity contribution in [1.82, 2.24) is 9.88 Å². The van der Waals surface area contributed by atoms with Crippen LogP contribution in [-0.4, -0.2) is 35.1 Å². The second-order valence-electron chi connectivity index (χ2n) is 6.90. The van der Waals surface area contributed by atoms with Crippen molar-refractivity contribution < 1.29 is 9.53 Å². The molecule has 0 saturated carbocycles. The number of methoxy groups -OCH3 is 1. The molecule has 130 valence electrons. The summed E-state index contributed by atoms with van der Waals surface area (Å²) in [5, 5.41) is 3.07. The molecule has 4 rings (SSSR count). The lowest BCUT2D eigenvalue weighted by molar-refractivity contribution is 0.0173. The number of fused-ring (bicyclic) bond motifs is 2. The number of piperidine rings is 1. The van der Waals surface area contributed by atoms with E-state index < -0.39 is 0 Å². The fourth-order valence-electron chi connectivity index (χ4n) is 4.04. The van der Waals surface area contributed by atoms with Crippen LogP contribution < -0.4 is 10.1 Å². The number of rotatable bonds is 3. The molecule has 0 radical (unpaired) electrons. The number of aryl methyl sites for hydroxylation is 1. The van der Waals surface area contributed by atoms with Gasteiger partial charge in [0.15, 0.2) is 0 Å². The maximum atomic E-state index is 12.6. The number of amides is 2. The molecule has 2 aliphatic rings. The van der Waals surface area contributed by atoms with Crippen LogP contribution in [0, 0.1) is 6.92 Å². The summed E-state index contributed by atoms with van der Waals surface area (Å²) in [5.41, 5.74) is 3.65. The van der Waals surface area contributed by atoms with Gasteiger partial charge in [-0.3, -0.25) is 4.98 Å². The Balaban J connectivity index is 1.58. The van der Waals surface area contributed by atoms with Crippen LogP contribution in [0.25, 0.3) is 11.3 Å². The van der Waals surface area contributed by atoms with Gasteiger partial charge in [-0.25, -0.2) is 4.79 Å².